The van der Waals surface area contributed by atoms with Gasteiger partial charge >= 0.3 is 11.9 Å². The number of hydrogen-bond donors (Lipinski definition) is 0. The van der Waals surface area contributed by atoms with Gasteiger partial charge in [0.25, 0.3) is 0 Å². The quantitative estimate of drug-likeness (QED) is 0.596. The number of rotatable bonds is 6. The van der Waals surface area contributed by atoms with Crippen LogP contribution < -0.4 is 0 Å². The standard InChI is InChI=1S/C17H20O4/c1-3-20-15(18)17(16(19)21-4-2)12-14(17)11-10-13-8-6-5-7-9-13/h5-11,14H,3-4,12H2,1-2H3. The number of carbonyl (C=O) groups excluding carboxylic acids is 2. The summed E-state index contributed by atoms with van der Waals surface area (Å²) in [5, 5.41) is 0. The van der Waals surface area contributed by atoms with Crippen LogP contribution >= 0.6 is 0 Å². The van der Waals surface area contributed by atoms with E-state index in [9.17, 15) is 9.59 Å². The highest BCUT2D eigenvalue weighted by atomic mass is 16.6. The van der Waals surface area contributed by atoms with Crippen LogP contribution in [0.5, 0.6) is 0 Å². The fourth-order valence-corrected chi connectivity index (χ4v) is 2.38. The lowest BCUT2D eigenvalue weighted by Gasteiger charge is -2.13. The number of esters is 2. The molecule has 1 atom stereocenters. The zero-order valence-corrected chi connectivity index (χ0v) is 12.4. The summed E-state index contributed by atoms with van der Waals surface area (Å²) in [4.78, 5) is 24.2. The van der Waals surface area contributed by atoms with E-state index < -0.39 is 17.4 Å². The van der Waals surface area contributed by atoms with Crippen molar-refractivity contribution in [2.24, 2.45) is 11.3 Å². The van der Waals surface area contributed by atoms with E-state index in [1.54, 1.807) is 13.8 Å². The first kappa shape index (κ1) is 15.3. The van der Waals surface area contributed by atoms with Crippen molar-refractivity contribution in [1.29, 1.82) is 0 Å². The maximum absolute atomic E-state index is 12.1. The third kappa shape index (κ3) is 3.15. The van der Waals surface area contributed by atoms with Gasteiger partial charge in [-0.05, 0) is 25.8 Å². The molecule has 1 saturated carbocycles. The van der Waals surface area contributed by atoms with Crippen LogP contribution in [0.4, 0.5) is 0 Å². The van der Waals surface area contributed by atoms with Crippen molar-refractivity contribution in [1.82, 2.24) is 0 Å². The Hall–Kier alpha value is -2.10. The van der Waals surface area contributed by atoms with E-state index in [4.69, 9.17) is 9.47 Å². The maximum Gasteiger partial charge on any atom is 0.324 e. The van der Waals surface area contributed by atoms with Gasteiger partial charge in [-0.15, -0.1) is 0 Å². The van der Waals surface area contributed by atoms with Crippen molar-refractivity contribution < 1.29 is 19.1 Å². The summed E-state index contributed by atoms with van der Waals surface area (Å²) in [5.74, 6) is -1.12. The Morgan fingerprint density at radius 2 is 1.71 bits per heavy atom. The molecule has 0 N–H and O–H groups in total. The summed E-state index contributed by atoms with van der Waals surface area (Å²) in [6, 6.07) is 9.76. The van der Waals surface area contributed by atoms with Gasteiger partial charge in [0.05, 0.1) is 13.2 Å². The van der Waals surface area contributed by atoms with Gasteiger partial charge in [-0.25, -0.2) is 0 Å². The lowest BCUT2D eigenvalue weighted by atomic mass is 10.0. The summed E-state index contributed by atoms with van der Waals surface area (Å²) in [6.07, 6.45) is 4.27. The van der Waals surface area contributed by atoms with Crippen LogP contribution in [0.2, 0.25) is 0 Å². The second-order valence-corrected chi connectivity index (χ2v) is 4.99. The van der Waals surface area contributed by atoms with Crippen LogP contribution in [-0.2, 0) is 19.1 Å². The summed E-state index contributed by atoms with van der Waals surface area (Å²) >= 11 is 0. The van der Waals surface area contributed by atoms with Gasteiger partial charge in [0.2, 0.25) is 0 Å². The van der Waals surface area contributed by atoms with Crippen LogP contribution in [0, 0.1) is 11.3 Å². The number of benzene rings is 1. The van der Waals surface area contributed by atoms with Gasteiger partial charge in [0, 0.05) is 5.92 Å². The molecular formula is C17H20O4. The largest absolute Gasteiger partial charge is 0.465 e. The van der Waals surface area contributed by atoms with Crippen LogP contribution in [0.1, 0.15) is 25.8 Å². The Labute approximate surface area is 124 Å². The van der Waals surface area contributed by atoms with Crippen molar-refractivity contribution in [2.45, 2.75) is 20.3 Å². The highest BCUT2D eigenvalue weighted by Gasteiger charge is 2.67. The summed E-state index contributed by atoms with van der Waals surface area (Å²) in [5.41, 5.74) is -0.108. The van der Waals surface area contributed by atoms with E-state index in [2.05, 4.69) is 0 Å². The molecule has 0 amide bonds. The molecule has 1 aromatic rings. The topological polar surface area (TPSA) is 52.6 Å². The third-order valence-corrected chi connectivity index (χ3v) is 3.61. The minimum atomic E-state index is -1.14. The van der Waals surface area contributed by atoms with E-state index in [0.717, 1.165) is 5.56 Å². The molecule has 0 heterocycles. The minimum Gasteiger partial charge on any atom is -0.465 e. The van der Waals surface area contributed by atoms with E-state index in [0.29, 0.717) is 6.42 Å². The molecule has 4 nitrogen and oxygen atoms in total. The Bertz CT molecular complexity index is 515. The minimum absolute atomic E-state index is 0.157. The zero-order chi connectivity index (χ0) is 15.3. The predicted molar refractivity (Wildman–Crippen MR) is 79.3 cm³/mol. The smallest absolute Gasteiger partial charge is 0.324 e. The first-order valence-electron chi connectivity index (χ1n) is 7.22. The SMILES string of the molecule is CCOC(=O)C1(C(=O)OCC)CC1C=Cc1ccccc1. The van der Waals surface area contributed by atoms with Gasteiger partial charge in [0.15, 0.2) is 5.41 Å². The average molecular weight is 288 g/mol. The van der Waals surface area contributed by atoms with E-state index >= 15 is 0 Å². The monoisotopic (exact) mass is 288 g/mol. The second kappa shape index (κ2) is 6.57. The highest BCUT2D eigenvalue weighted by molar-refractivity contribution is 6.04. The average Bonchev–Trinajstić information content (AvgIpc) is 3.23. The van der Waals surface area contributed by atoms with Crippen LogP contribution in [0.3, 0.4) is 0 Å². The molecule has 0 spiro atoms. The molecule has 4 heteroatoms. The van der Waals surface area contributed by atoms with Crippen LogP contribution in [-0.4, -0.2) is 25.2 Å². The molecule has 1 aromatic carbocycles. The fourth-order valence-electron chi connectivity index (χ4n) is 2.38. The van der Waals surface area contributed by atoms with Gasteiger partial charge in [-0.2, -0.15) is 0 Å². The van der Waals surface area contributed by atoms with Crippen LogP contribution in [0.25, 0.3) is 6.08 Å². The molecule has 1 aliphatic carbocycles. The van der Waals surface area contributed by atoms with E-state index in [1.807, 2.05) is 42.5 Å². The van der Waals surface area contributed by atoms with Crippen molar-refractivity contribution in [3.63, 3.8) is 0 Å². The summed E-state index contributed by atoms with van der Waals surface area (Å²) < 4.78 is 10.1. The first-order valence-corrected chi connectivity index (χ1v) is 7.22. The van der Waals surface area contributed by atoms with Gasteiger partial charge in [0.1, 0.15) is 0 Å². The fraction of sp³-hybridized carbons (Fsp3) is 0.412. The normalized spacial score (nSPS) is 19.2. The van der Waals surface area contributed by atoms with E-state index in [1.165, 1.54) is 0 Å². The Morgan fingerprint density at radius 1 is 1.14 bits per heavy atom. The molecule has 0 saturated heterocycles. The molecular weight excluding hydrogens is 268 g/mol. The van der Waals surface area contributed by atoms with Gasteiger partial charge in [-0.3, -0.25) is 9.59 Å². The van der Waals surface area contributed by atoms with Gasteiger partial charge in [-0.1, -0.05) is 42.5 Å². The number of ether oxygens (including phenoxy) is 2. The number of allylic oxidation sites excluding steroid dienone is 1. The van der Waals surface area contributed by atoms with E-state index in [-0.39, 0.29) is 19.1 Å². The Kier molecular flexibility index (Phi) is 4.78. The predicted octanol–water partition coefficient (Wildman–Crippen LogP) is 2.83. The van der Waals surface area contributed by atoms with Gasteiger partial charge < -0.3 is 9.47 Å². The molecule has 112 valence electrons. The first-order chi connectivity index (χ1) is 10.1. The molecule has 1 aliphatic rings. The molecule has 21 heavy (non-hydrogen) atoms. The Balaban J connectivity index is 2.12. The zero-order valence-electron chi connectivity index (χ0n) is 12.4. The third-order valence-electron chi connectivity index (χ3n) is 3.61. The lowest BCUT2D eigenvalue weighted by Crippen LogP contribution is -2.31. The maximum atomic E-state index is 12.1. The lowest BCUT2D eigenvalue weighted by molar-refractivity contribution is -0.164. The molecule has 2 rings (SSSR count). The van der Waals surface area contributed by atoms with Crippen molar-refractivity contribution >= 4 is 18.0 Å². The number of carbonyl (C=O) groups is 2. The highest BCUT2D eigenvalue weighted by Crippen LogP contribution is 2.55. The second-order valence-electron chi connectivity index (χ2n) is 4.99. The molecule has 0 radical (unpaired) electrons. The van der Waals surface area contributed by atoms with Crippen molar-refractivity contribution in [3.8, 4) is 0 Å². The Morgan fingerprint density at radius 3 is 2.24 bits per heavy atom. The molecule has 1 unspecified atom stereocenters. The molecule has 0 aliphatic heterocycles. The summed E-state index contributed by atoms with van der Waals surface area (Å²) in [7, 11) is 0. The molecule has 0 aromatic heterocycles. The van der Waals surface area contributed by atoms with Crippen molar-refractivity contribution in [2.75, 3.05) is 13.2 Å². The van der Waals surface area contributed by atoms with Crippen LogP contribution in [0.15, 0.2) is 36.4 Å². The summed E-state index contributed by atoms with van der Waals surface area (Å²) in [6.45, 7) is 3.98. The molecule has 0 bridgehead atoms. The van der Waals surface area contributed by atoms with Crippen molar-refractivity contribution in [3.05, 3.63) is 42.0 Å². The number of hydrogen-bond acceptors (Lipinski definition) is 4. The molecule has 1 fully saturated rings.